The number of piperidine rings is 1. The van der Waals surface area contributed by atoms with Gasteiger partial charge in [0.1, 0.15) is 11.1 Å². The number of nitrogens with two attached hydrogens (primary N) is 1. The van der Waals surface area contributed by atoms with Crippen LogP contribution < -0.4 is 10.2 Å². The highest BCUT2D eigenvalue weighted by molar-refractivity contribution is 6.03. The number of likely N-dealkylation sites (tertiary alicyclic amines) is 1. The normalized spacial score (nSPS) is 15.6. The average molecular weight is 388 g/mol. The van der Waals surface area contributed by atoms with Gasteiger partial charge in [-0.2, -0.15) is 0 Å². The number of ether oxygens (including phenoxy) is 1. The minimum absolute atomic E-state index is 0.00476. The van der Waals surface area contributed by atoms with Crippen molar-refractivity contribution >= 4 is 23.0 Å². The van der Waals surface area contributed by atoms with Gasteiger partial charge in [0.2, 0.25) is 6.20 Å². The fourth-order valence-electron chi connectivity index (χ4n) is 3.45. The van der Waals surface area contributed by atoms with Gasteiger partial charge >= 0.3 is 6.09 Å². The van der Waals surface area contributed by atoms with E-state index in [-0.39, 0.29) is 28.2 Å². The Bertz CT molecular complexity index is 984. The van der Waals surface area contributed by atoms with E-state index in [9.17, 15) is 19.7 Å². The lowest BCUT2D eigenvalue weighted by Gasteiger charge is -2.34. The summed E-state index contributed by atoms with van der Waals surface area (Å²) in [5.74, 6) is -0.992. The number of primary amides is 1. The molecule has 2 aromatic rings. The lowest BCUT2D eigenvalue weighted by Crippen LogP contribution is -2.41. The molecule has 1 fully saturated rings. The highest BCUT2D eigenvalue weighted by Crippen LogP contribution is 2.30. The molecule has 3 rings (SSSR count). The van der Waals surface area contributed by atoms with Crippen molar-refractivity contribution in [1.82, 2.24) is 9.63 Å². The number of hydrogen-bond acceptors (Lipinski definition) is 5. The maximum absolute atomic E-state index is 13.0. The lowest BCUT2D eigenvalue weighted by molar-refractivity contribution is -0.465. The number of carbonyl (C=O) groups is 2. The van der Waals surface area contributed by atoms with Crippen molar-refractivity contribution < 1.29 is 18.8 Å². The first-order valence-electron chi connectivity index (χ1n) is 9.14. The number of carbonyl (C=O) groups excluding carboxylic acids is 2. The van der Waals surface area contributed by atoms with Gasteiger partial charge in [-0.3, -0.25) is 4.79 Å². The molecule has 1 aliphatic rings. The van der Waals surface area contributed by atoms with Gasteiger partial charge in [0.25, 0.3) is 11.4 Å². The van der Waals surface area contributed by atoms with Crippen LogP contribution >= 0.6 is 0 Å². The molecule has 0 atom stereocenters. The Labute approximate surface area is 161 Å². The summed E-state index contributed by atoms with van der Waals surface area (Å²) in [7, 11) is 0. The van der Waals surface area contributed by atoms with E-state index in [0.29, 0.717) is 35.1 Å². The van der Waals surface area contributed by atoms with Crippen LogP contribution in [-0.2, 0) is 4.74 Å². The van der Waals surface area contributed by atoms with E-state index in [1.165, 1.54) is 24.4 Å². The summed E-state index contributed by atoms with van der Waals surface area (Å²) in [5, 5.41) is 13.0. The van der Waals surface area contributed by atoms with Crippen LogP contribution in [-0.4, -0.2) is 40.3 Å². The van der Waals surface area contributed by atoms with Crippen LogP contribution in [0.1, 0.15) is 55.6 Å². The van der Waals surface area contributed by atoms with Crippen molar-refractivity contribution in [3.8, 4) is 0 Å². The van der Waals surface area contributed by atoms with E-state index in [0.717, 1.165) is 0 Å². The molecule has 2 heterocycles. The van der Waals surface area contributed by atoms with Gasteiger partial charge in [-0.1, -0.05) is 6.07 Å². The Morgan fingerprint density at radius 1 is 1.25 bits per heavy atom. The molecule has 150 valence electrons. The summed E-state index contributed by atoms with van der Waals surface area (Å²) in [6, 6.07) is 4.40. The summed E-state index contributed by atoms with van der Waals surface area (Å²) in [6.07, 6.45) is 1.86. The van der Waals surface area contributed by atoms with Crippen molar-refractivity contribution in [2.45, 2.75) is 45.1 Å². The van der Waals surface area contributed by atoms with E-state index >= 15 is 0 Å². The third-order valence-electron chi connectivity index (χ3n) is 4.77. The van der Waals surface area contributed by atoms with Crippen LogP contribution in [0.5, 0.6) is 0 Å². The fourth-order valence-corrected chi connectivity index (χ4v) is 3.45. The van der Waals surface area contributed by atoms with E-state index in [1.54, 1.807) is 25.7 Å². The molecule has 2 N–H and O–H groups in total. The molecule has 1 aromatic heterocycles. The zero-order valence-corrected chi connectivity index (χ0v) is 16.2. The quantitative estimate of drug-likeness (QED) is 0.789. The topological polar surface area (TPSA) is 124 Å². The first kappa shape index (κ1) is 19.7. The number of aromatic nitrogens is 2. The van der Waals surface area contributed by atoms with Crippen molar-refractivity contribution in [3.05, 3.63) is 45.8 Å². The van der Waals surface area contributed by atoms with Crippen LogP contribution in [0.4, 0.5) is 4.79 Å². The molecule has 1 saturated heterocycles. The zero-order chi connectivity index (χ0) is 20.6. The van der Waals surface area contributed by atoms with E-state index in [4.69, 9.17) is 10.5 Å². The van der Waals surface area contributed by atoms with E-state index < -0.39 is 17.6 Å². The number of benzene rings is 1. The predicted octanol–water partition coefficient (Wildman–Crippen LogP) is 2.12. The molecule has 0 radical (unpaired) electrons. The number of para-hydroxylation sites is 1. The highest BCUT2D eigenvalue weighted by atomic mass is 16.6. The lowest BCUT2D eigenvalue weighted by atomic mass is 9.93. The number of fused-ring (bicyclic) bond motifs is 1. The first-order valence-corrected chi connectivity index (χ1v) is 9.14. The molecular formula is C19H24N4O5. The number of rotatable bonds is 2. The second-order valence-electron chi connectivity index (χ2n) is 7.95. The number of hydrogen-bond donors (Lipinski definition) is 1. The van der Waals surface area contributed by atoms with Crippen LogP contribution in [0.3, 0.4) is 0 Å². The maximum atomic E-state index is 13.0. The van der Waals surface area contributed by atoms with Crippen molar-refractivity contribution in [2.24, 2.45) is 5.73 Å². The monoisotopic (exact) mass is 388 g/mol. The van der Waals surface area contributed by atoms with Crippen LogP contribution in [0.2, 0.25) is 0 Å². The molecule has 1 aromatic carbocycles. The van der Waals surface area contributed by atoms with Gasteiger partial charge in [-0.15, -0.1) is 0 Å². The smallest absolute Gasteiger partial charge is 0.410 e. The SMILES string of the molecule is CC(C)(C)OC(=O)N1CCC(c2c[n+](=O)c3cccc(C(N)=O)c3n2[O-])CC1. The summed E-state index contributed by atoms with van der Waals surface area (Å²) in [6.45, 7) is 6.23. The summed E-state index contributed by atoms with van der Waals surface area (Å²) < 4.78 is 6.59. The molecule has 28 heavy (non-hydrogen) atoms. The predicted molar refractivity (Wildman–Crippen MR) is 102 cm³/mol. The van der Waals surface area contributed by atoms with Gasteiger partial charge in [0.05, 0.1) is 15.7 Å². The Morgan fingerprint density at radius 2 is 1.89 bits per heavy atom. The molecule has 0 spiro atoms. The van der Waals surface area contributed by atoms with Crippen molar-refractivity contribution in [2.75, 3.05) is 13.1 Å². The number of nitrogens with zero attached hydrogens (tertiary/aromatic N) is 3. The van der Waals surface area contributed by atoms with Gasteiger partial charge in [0.15, 0.2) is 0 Å². The standard InChI is InChI=1S/C19H24N4O5/c1-19(2,3)28-18(25)21-9-7-12(8-10-21)15-11-22(26)14-6-4-5-13(17(20)24)16(14)23(15)27/h4-6,11-12H,7-10H2,1-3H3,(H2,20,24). The summed E-state index contributed by atoms with van der Waals surface area (Å²) >= 11 is 0. The molecule has 2 amide bonds. The molecule has 9 nitrogen and oxygen atoms in total. The van der Waals surface area contributed by atoms with Gasteiger partial charge < -0.3 is 25.3 Å². The van der Waals surface area contributed by atoms with E-state index in [1.807, 2.05) is 0 Å². The van der Waals surface area contributed by atoms with Gasteiger partial charge in [0, 0.05) is 30.0 Å². The average Bonchev–Trinajstić information content (AvgIpc) is 2.62. The van der Waals surface area contributed by atoms with Gasteiger partial charge in [-0.25, -0.2) is 4.79 Å². The Hall–Kier alpha value is -3.10. The van der Waals surface area contributed by atoms with Crippen molar-refractivity contribution in [1.29, 1.82) is 0 Å². The van der Waals surface area contributed by atoms with Crippen LogP contribution in [0, 0.1) is 10.1 Å². The first-order chi connectivity index (χ1) is 13.1. The minimum Gasteiger partial charge on any atom is -0.805 e. The second kappa shape index (κ2) is 7.14. The highest BCUT2D eigenvalue weighted by Gasteiger charge is 2.30. The Balaban J connectivity index is 1.89. The Morgan fingerprint density at radius 3 is 2.46 bits per heavy atom. The van der Waals surface area contributed by atoms with E-state index in [2.05, 4.69) is 0 Å². The van der Waals surface area contributed by atoms with Crippen molar-refractivity contribution in [3.63, 3.8) is 0 Å². The molecular weight excluding hydrogens is 364 g/mol. The zero-order valence-electron chi connectivity index (χ0n) is 16.2. The fraction of sp³-hybridized carbons (Fsp3) is 0.474. The van der Waals surface area contributed by atoms with Crippen LogP contribution in [0.25, 0.3) is 11.0 Å². The molecule has 0 unspecified atom stereocenters. The molecule has 0 saturated carbocycles. The second-order valence-corrected chi connectivity index (χ2v) is 7.95. The third-order valence-corrected chi connectivity index (χ3v) is 4.77. The molecule has 1 aliphatic heterocycles. The molecule has 0 bridgehead atoms. The summed E-state index contributed by atoms with van der Waals surface area (Å²) in [5.41, 5.74) is 5.11. The number of amides is 2. The third kappa shape index (κ3) is 3.78. The Kier molecular flexibility index (Phi) is 5.01. The molecule has 0 aliphatic carbocycles. The van der Waals surface area contributed by atoms with Crippen LogP contribution in [0.15, 0.2) is 24.4 Å². The van der Waals surface area contributed by atoms with Gasteiger partial charge in [-0.05, 0) is 39.7 Å². The largest absolute Gasteiger partial charge is 0.805 e. The maximum Gasteiger partial charge on any atom is 0.410 e. The summed E-state index contributed by atoms with van der Waals surface area (Å²) in [4.78, 5) is 37.9. The molecule has 9 heteroatoms. The minimum atomic E-state index is -0.771.